The Labute approximate surface area is 126 Å². The summed E-state index contributed by atoms with van der Waals surface area (Å²) in [4.78, 5) is 0.388. The smallest absolute Gasteiger partial charge is 0.180 e. The predicted molar refractivity (Wildman–Crippen MR) is 87.3 cm³/mol. The van der Waals surface area contributed by atoms with Crippen molar-refractivity contribution in [2.75, 3.05) is 11.1 Å². The molecule has 0 atom stereocenters. The molecule has 0 fully saturated rings. The van der Waals surface area contributed by atoms with Crippen LogP contribution >= 0.6 is 0 Å². The lowest BCUT2D eigenvalue weighted by Crippen LogP contribution is -2.10. The molecule has 0 spiro atoms. The molecule has 4 heteroatoms. The van der Waals surface area contributed by atoms with Gasteiger partial charge in [-0.05, 0) is 31.0 Å². The van der Waals surface area contributed by atoms with Crippen LogP contribution in [0.3, 0.4) is 0 Å². The third kappa shape index (κ3) is 4.08. The Balaban J connectivity index is 2.21. The fourth-order valence-electron chi connectivity index (χ4n) is 2.28. The van der Waals surface area contributed by atoms with Gasteiger partial charge in [-0.15, -0.1) is 0 Å². The molecule has 0 aliphatic rings. The average Bonchev–Trinajstić information content (AvgIpc) is 2.45. The second kappa shape index (κ2) is 6.76. The van der Waals surface area contributed by atoms with Crippen molar-refractivity contribution in [3.8, 4) is 0 Å². The molecule has 0 aliphatic carbocycles. The summed E-state index contributed by atoms with van der Waals surface area (Å²) < 4.78 is 24.6. The molecular formula is C17H21NO2S. The van der Waals surface area contributed by atoms with Gasteiger partial charge in [0.1, 0.15) is 0 Å². The summed E-state index contributed by atoms with van der Waals surface area (Å²) in [6.45, 7) is 4.53. The Morgan fingerprint density at radius 1 is 1.05 bits per heavy atom. The van der Waals surface area contributed by atoms with Gasteiger partial charge in [0.05, 0.1) is 16.3 Å². The van der Waals surface area contributed by atoms with E-state index in [0.717, 1.165) is 5.56 Å². The van der Waals surface area contributed by atoms with Gasteiger partial charge in [0, 0.05) is 6.54 Å². The second-order valence-corrected chi connectivity index (χ2v) is 7.24. The minimum absolute atomic E-state index is 0.177. The van der Waals surface area contributed by atoms with Gasteiger partial charge in [-0.2, -0.15) is 0 Å². The second-order valence-electron chi connectivity index (χ2n) is 5.16. The van der Waals surface area contributed by atoms with Crippen LogP contribution in [0.4, 0.5) is 5.69 Å². The Morgan fingerprint density at radius 2 is 1.81 bits per heavy atom. The lowest BCUT2D eigenvalue weighted by atomic mass is 10.1. The predicted octanol–water partition coefficient (Wildman–Crippen LogP) is 3.79. The van der Waals surface area contributed by atoms with Gasteiger partial charge in [-0.1, -0.05) is 48.9 Å². The fourth-order valence-corrected chi connectivity index (χ4v) is 3.80. The third-order valence-corrected chi connectivity index (χ3v) is 5.23. The topological polar surface area (TPSA) is 46.2 Å². The minimum atomic E-state index is -3.22. The molecule has 2 rings (SSSR count). The molecule has 2 aromatic rings. The van der Waals surface area contributed by atoms with Crippen molar-refractivity contribution in [1.82, 2.24) is 0 Å². The lowest BCUT2D eigenvalue weighted by molar-refractivity contribution is 0.595. The SMILES string of the molecule is CCCS(=O)(=O)c1ccccc1NCc1cccc(C)c1. The number of hydrogen-bond acceptors (Lipinski definition) is 3. The Bertz CT molecular complexity index is 708. The van der Waals surface area contributed by atoms with Crippen LogP contribution in [0.2, 0.25) is 0 Å². The van der Waals surface area contributed by atoms with Gasteiger partial charge < -0.3 is 5.32 Å². The summed E-state index contributed by atoms with van der Waals surface area (Å²) in [5.74, 6) is 0.177. The highest BCUT2D eigenvalue weighted by atomic mass is 32.2. The quantitative estimate of drug-likeness (QED) is 0.883. The summed E-state index contributed by atoms with van der Waals surface area (Å²) in [5, 5.41) is 3.24. The van der Waals surface area contributed by atoms with E-state index in [-0.39, 0.29) is 5.75 Å². The van der Waals surface area contributed by atoms with E-state index in [9.17, 15) is 8.42 Å². The van der Waals surface area contributed by atoms with Crippen molar-refractivity contribution in [3.05, 3.63) is 59.7 Å². The molecule has 21 heavy (non-hydrogen) atoms. The molecule has 112 valence electrons. The molecule has 0 aliphatic heterocycles. The maximum Gasteiger partial charge on any atom is 0.180 e. The Morgan fingerprint density at radius 3 is 2.52 bits per heavy atom. The zero-order valence-electron chi connectivity index (χ0n) is 12.5. The van der Waals surface area contributed by atoms with Crippen molar-refractivity contribution in [2.24, 2.45) is 0 Å². The van der Waals surface area contributed by atoms with Gasteiger partial charge in [-0.3, -0.25) is 0 Å². The summed E-state index contributed by atoms with van der Waals surface area (Å²) in [6, 6.07) is 15.3. The van der Waals surface area contributed by atoms with Gasteiger partial charge in [0.25, 0.3) is 0 Å². The zero-order chi connectivity index (χ0) is 15.3. The van der Waals surface area contributed by atoms with Crippen LogP contribution in [-0.2, 0) is 16.4 Å². The van der Waals surface area contributed by atoms with E-state index in [1.807, 2.05) is 44.2 Å². The number of para-hydroxylation sites is 1. The van der Waals surface area contributed by atoms with Crippen molar-refractivity contribution >= 4 is 15.5 Å². The largest absolute Gasteiger partial charge is 0.380 e. The number of sulfone groups is 1. The number of hydrogen-bond donors (Lipinski definition) is 1. The Kier molecular flexibility index (Phi) is 5.02. The van der Waals surface area contributed by atoms with E-state index in [2.05, 4.69) is 11.4 Å². The van der Waals surface area contributed by atoms with Gasteiger partial charge in [-0.25, -0.2) is 8.42 Å². The normalized spacial score (nSPS) is 11.3. The van der Waals surface area contributed by atoms with E-state index in [0.29, 0.717) is 23.5 Å². The van der Waals surface area contributed by atoms with Crippen molar-refractivity contribution in [2.45, 2.75) is 31.7 Å². The monoisotopic (exact) mass is 303 g/mol. The maximum atomic E-state index is 12.3. The molecule has 1 N–H and O–H groups in total. The van der Waals surface area contributed by atoms with Crippen LogP contribution in [-0.4, -0.2) is 14.2 Å². The van der Waals surface area contributed by atoms with Crippen molar-refractivity contribution < 1.29 is 8.42 Å². The fraction of sp³-hybridized carbons (Fsp3) is 0.294. The van der Waals surface area contributed by atoms with E-state index in [4.69, 9.17) is 0 Å². The van der Waals surface area contributed by atoms with Gasteiger partial charge in [0.2, 0.25) is 0 Å². The van der Waals surface area contributed by atoms with E-state index < -0.39 is 9.84 Å². The number of nitrogens with one attached hydrogen (secondary N) is 1. The first kappa shape index (κ1) is 15.6. The molecule has 0 saturated carbocycles. The van der Waals surface area contributed by atoms with Crippen LogP contribution in [0.15, 0.2) is 53.4 Å². The first-order chi connectivity index (χ1) is 10.0. The highest BCUT2D eigenvalue weighted by Crippen LogP contribution is 2.23. The summed E-state index contributed by atoms with van der Waals surface area (Å²) >= 11 is 0. The van der Waals surface area contributed by atoms with Crippen LogP contribution in [0.1, 0.15) is 24.5 Å². The molecule has 0 saturated heterocycles. The summed E-state index contributed by atoms with van der Waals surface area (Å²) in [6.07, 6.45) is 0.620. The van der Waals surface area contributed by atoms with E-state index in [1.165, 1.54) is 5.56 Å². The molecule has 0 radical (unpaired) electrons. The van der Waals surface area contributed by atoms with Crippen LogP contribution < -0.4 is 5.32 Å². The third-order valence-electron chi connectivity index (χ3n) is 3.26. The molecule has 0 bridgehead atoms. The first-order valence-corrected chi connectivity index (χ1v) is 8.79. The maximum absolute atomic E-state index is 12.3. The highest BCUT2D eigenvalue weighted by molar-refractivity contribution is 7.91. The van der Waals surface area contributed by atoms with E-state index in [1.54, 1.807) is 12.1 Å². The summed E-state index contributed by atoms with van der Waals surface area (Å²) in [7, 11) is -3.22. The molecule has 0 amide bonds. The lowest BCUT2D eigenvalue weighted by Gasteiger charge is -2.12. The Hall–Kier alpha value is -1.81. The van der Waals surface area contributed by atoms with Crippen molar-refractivity contribution in [3.63, 3.8) is 0 Å². The molecular weight excluding hydrogens is 282 g/mol. The van der Waals surface area contributed by atoms with Gasteiger partial charge in [0.15, 0.2) is 9.84 Å². The number of aryl methyl sites for hydroxylation is 1. The first-order valence-electron chi connectivity index (χ1n) is 7.14. The van der Waals surface area contributed by atoms with Crippen LogP contribution in [0.25, 0.3) is 0 Å². The average molecular weight is 303 g/mol. The van der Waals surface area contributed by atoms with Crippen molar-refractivity contribution in [1.29, 1.82) is 0 Å². The molecule has 3 nitrogen and oxygen atoms in total. The molecule has 0 heterocycles. The zero-order valence-corrected chi connectivity index (χ0v) is 13.3. The molecule has 0 aromatic heterocycles. The highest BCUT2D eigenvalue weighted by Gasteiger charge is 2.16. The minimum Gasteiger partial charge on any atom is -0.380 e. The number of benzene rings is 2. The molecule has 0 unspecified atom stereocenters. The summed E-state index contributed by atoms with van der Waals surface area (Å²) in [5.41, 5.74) is 3.01. The van der Waals surface area contributed by atoms with Gasteiger partial charge >= 0.3 is 0 Å². The molecule has 2 aromatic carbocycles. The number of rotatable bonds is 6. The van der Waals surface area contributed by atoms with Crippen LogP contribution in [0, 0.1) is 6.92 Å². The standard InChI is InChI=1S/C17H21NO2S/c1-3-11-21(19,20)17-10-5-4-9-16(17)18-13-15-8-6-7-14(2)12-15/h4-10,12,18H,3,11,13H2,1-2H3. The van der Waals surface area contributed by atoms with Crippen LogP contribution in [0.5, 0.6) is 0 Å². The number of anilines is 1. The van der Waals surface area contributed by atoms with E-state index >= 15 is 0 Å².